The Morgan fingerprint density at radius 2 is 0.867 bits per heavy atom. The van der Waals surface area contributed by atoms with E-state index in [1.807, 2.05) is 12.1 Å². The number of ether oxygens (including phenoxy) is 1. The SMILES string of the molecule is NCCOc1ccc(C(=C(c2ccccc2)c2ccccc2)c2ccccc2)cc1. The summed E-state index contributed by atoms with van der Waals surface area (Å²) in [7, 11) is 0. The molecule has 0 unspecified atom stereocenters. The third kappa shape index (κ3) is 4.51. The molecule has 2 nitrogen and oxygen atoms in total. The van der Waals surface area contributed by atoms with E-state index in [0.717, 1.165) is 11.3 Å². The van der Waals surface area contributed by atoms with Crippen molar-refractivity contribution in [1.82, 2.24) is 0 Å². The normalized spacial score (nSPS) is 10.4. The van der Waals surface area contributed by atoms with Gasteiger partial charge in [-0.3, -0.25) is 0 Å². The molecule has 2 heteroatoms. The summed E-state index contributed by atoms with van der Waals surface area (Å²) in [4.78, 5) is 0. The Hall–Kier alpha value is -3.62. The standard InChI is InChI=1S/C28H25NO/c29-20-21-30-26-18-16-25(17-19-26)28(24-14-8-3-9-15-24)27(22-10-4-1-5-11-22)23-12-6-2-7-13-23/h1-19H,20-21,29H2. The molecular formula is C28H25NO. The first kappa shape index (κ1) is 19.7. The zero-order valence-electron chi connectivity index (χ0n) is 16.9. The number of nitrogens with two attached hydrogens (primary N) is 1. The largest absolute Gasteiger partial charge is 0.492 e. The molecule has 0 radical (unpaired) electrons. The van der Waals surface area contributed by atoms with E-state index in [4.69, 9.17) is 10.5 Å². The van der Waals surface area contributed by atoms with Crippen LogP contribution in [0, 0.1) is 0 Å². The third-order valence-electron chi connectivity index (χ3n) is 4.97. The second-order valence-electron chi connectivity index (χ2n) is 7.01. The lowest BCUT2D eigenvalue weighted by atomic mass is 9.86. The lowest BCUT2D eigenvalue weighted by molar-refractivity contribution is 0.328. The molecule has 0 saturated heterocycles. The third-order valence-corrected chi connectivity index (χ3v) is 4.97. The highest BCUT2D eigenvalue weighted by molar-refractivity contribution is 6.04. The van der Waals surface area contributed by atoms with Crippen molar-refractivity contribution < 1.29 is 4.74 Å². The van der Waals surface area contributed by atoms with Crippen LogP contribution in [0.5, 0.6) is 5.75 Å². The number of rotatable bonds is 7. The van der Waals surface area contributed by atoms with Gasteiger partial charge in [-0.1, -0.05) is 103 Å². The predicted molar refractivity (Wildman–Crippen MR) is 125 cm³/mol. The van der Waals surface area contributed by atoms with Gasteiger partial charge >= 0.3 is 0 Å². The Balaban J connectivity index is 1.96. The zero-order chi connectivity index (χ0) is 20.6. The molecule has 0 aliphatic heterocycles. The molecule has 0 spiro atoms. The van der Waals surface area contributed by atoms with Crippen molar-refractivity contribution in [2.45, 2.75) is 0 Å². The van der Waals surface area contributed by atoms with E-state index >= 15 is 0 Å². The molecule has 148 valence electrons. The molecule has 2 N–H and O–H groups in total. The summed E-state index contributed by atoms with van der Waals surface area (Å²) in [5, 5.41) is 0. The Labute approximate surface area is 178 Å². The Kier molecular flexibility index (Phi) is 6.38. The molecule has 0 saturated carbocycles. The first-order valence-electron chi connectivity index (χ1n) is 10.2. The highest BCUT2D eigenvalue weighted by atomic mass is 16.5. The zero-order valence-corrected chi connectivity index (χ0v) is 16.9. The molecule has 30 heavy (non-hydrogen) atoms. The number of benzene rings is 4. The van der Waals surface area contributed by atoms with Gasteiger partial charge in [0.1, 0.15) is 12.4 Å². The second-order valence-corrected chi connectivity index (χ2v) is 7.01. The van der Waals surface area contributed by atoms with Crippen LogP contribution in [-0.4, -0.2) is 13.2 Å². The molecule has 0 amide bonds. The lowest BCUT2D eigenvalue weighted by Gasteiger charge is -2.18. The van der Waals surface area contributed by atoms with Gasteiger partial charge in [-0.05, 0) is 45.5 Å². The summed E-state index contributed by atoms with van der Waals surface area (Å²) < 4.78 is 5.68. The van der Waals surface area contributed by atoms with Gasteiger partial charge in [0, 0.05) is 6.54 Å². The van der Waals surface area contributed by atoms with Crippen LogP contribution in [0.4, 0.5) is 0 Å². The first-order valence-corrected chi connectivity index (χ1v) is 10.2. The number of hydrogen-bond acceptors (Lipinski definition) is 2. The van der Waals surface area contributed by atoms with Crippen LogP contribution in [0.2, 0.25) is 0 Å². The maximum atomic E-state index is 5.68. The van der Waals surface area contributed by atoms with E-state index in [-0.39, 0.29) is 0 Å². The summed E-state index contributed by atoms with van der Waals surface area (Å²) >= 11 is 0. The van der Waals surface area contributed by atoms with Crippen molar-refractivity contribution in [1.29, 1.82) is 0 Å². The number of hydrogen-bond donors (Lipinski definition) is 1. The van der Waals surface area contributed by atoms with Crippen molar-refractivity contribution >= 4 is 11.1 Å². The van der Waals surface area contributed by atoms with Crippen molar-refractivity contribution in [2.24, 2.45) is 5.73 Å². The quantitative estimate of drug-likeness (QED) is 0.390. The minimum atomic E-state index is 0.503. The van der Waals surface area contributed by atoms with Gasteiger partial charge in [0.05, 0.1) is 0 Å². The van der Waals surface area contributed by atoms with E-state index in [9.17, 15) is 0 Å². The molecule has 4 aromatic carbocycles. The summed E-state index contributed by atoms with van der Waals surface area (Å²) in [6.45, 7) is 1.02. The first-order chi connectivity index (χ1) is 14.9. The fourth-order valence-corrected chi connectivity index (χ4v) is 3.62. The summed E-state index contributed by atoms with van der Waals surface area (Å²) in [6, 6.07) is 40.0. The van der Waals surface area contributed by atoms with Crippen LogP contribution in [0.3, 0.4) is 0 Å². The van der Waals surface area contributed by atoms with Crippen LogP contribution >= 0.6 is 0 Å². The van der Waals surface area contributed by atoms with Crippen molar-refractivity contribution in [3.8, 4) is 5.75 Å². The van der Waals surface area contributed by atoms with Gasteiger partial charge in [0.15, 0.2) is 0 Å². The molecular weight excluding hydrogens is 366 g/mol. The van der Waals surface area contributed by atoms with Gasteiger partial charge in [0.2, 0.25) is 0 Å². The molecule has 0 fully saturated rings. The fourth-order valence-electron chi connectivity index (χ4n) is 3.62. The maximum Gasteiger partial charge on any atom is 0.119 e. The van der Waals surface area contributed by atoms with E-state index in [1.54, 1.807) is 0 Å². The summed E-state index contributed by atoms with van der Waals surface area (Å²) in [5.41, 5.74) is 12.7. The lowest BCUT2D eigenvalue weighted by Crippen LogP contribution is -2.10. The highest BCUT2D eigenvalue weighted by Gasteiger charge is 2.15. The molecule has 4 rings (SSSR count). The predicted octanol–water partition coefficient (Wildman–Crippen LogP) is 6.03. The minimum Gasteiger partial charge on any atom is -0.492 e. The van der Waals surface area contributed by atoms with Crippen molar-refractivity contribution in [3.05, 3.63) is 138 Å². The Bertz CT molecular complexity index is 1040. The molecule has 0 atom stereocenters. The van der Waals surface area contributed by atoms with Crippen LogP contribution < -0.4 is 10.5 Å². The van der Waals surface area contributed by atoms with Gasteiger partial charge in [0.25, 0.3) is 0 Å². The van der Waals surface area contributed by atoms with E-state index < -0.39 is 0 Å². The topological polar surface area (TPSA) is 35.2 Å². The van der Waals surface area contributed by atoms with Gasteiger partial charge in [-0.15, -0.1) is 0 Å². The molecule has 0 aliphatic rings. The van der Waals surface area contributed by atoms with Crippen LogP contribution in [0.1, 0.15) is 22.3 Å². The summed E-state index contributed by atoms with van der Waals surface area (Å²) in [5.74, 6) is 0.831. The Morgan fingerprint density at radius 3 is 1.23 bits per heavy atom. The molecule has 0 aliphatic carbocycles. The second kappa shape index (κ2) is 9.73. The van der Waals surface area contributed by atoms with Crippen LogP contribution in [0.15, 0.2) is 115 Å². The van der Waals surface area contributed by atoms with E-state index in [0.29, 0.717) is 13.2 Å². The monoisotopic (exact) mass is 391 g/mol. The smallest absolute Gasteiger partial charge is 0.119 e. The van der Waals surface area contributed by atoms with Crippen LogP contribution in [0.25, 0.3) is 11.1 Å². The summed E-state index contributed by atoms with van der Waals surface area (Å²) in [6.07, 6.45) is 0. The Morgan fingerprint density at radius 1 is 0.500 bits per heavy atom. The highest BCUT2D eigenvalue weighted by Crippen LogP contribution is 2.37. The van der Waals surface area contributed by atoms with Crippen molar-refractivity contribution in [3.63, 3.8) is 0 Å². The van der Waals surface area contributed by atoms with Gasteiger partial charge in [-0.25, -0.2) is 0 Å². The van der Waals surface area contributed by atoms with Crippen LogP contribution in [-0.2, 0) is 0 Å². The van der Waals surface area contributed by atoms with Crippen molar-refractivity contribution in [2.75, 3.05) is 13.2 Å². The molecule has 0 bridgehead atoms. The molecule has 4 aromatic rings. The average molecular weight is 392 g/mol. The van der Waals surface area contributed by atoms with E-state index in [2.05, 4.69) is 103 Å². The van der Waals surface area contributed by atoms with E-state index in [1.165, 1.54) is 27.8 Å². The van der Waals surface area contributed by atoms with Gasteiger partial charge in [-0.2, -0.15) is 0 Å². The average Bonchev–Trinajstić information content (AvgIpc) is 2.83. The minimum absolute atomic E-state index is 0.503. The van der Waals surface area contributed by atoms with Gasteiger partial charge < -0.3 is 10.5 Å². The fraction of sp³-hybridized carbons (Fsp3) is 0.0714. The maximum absolute atomic E-state index is 5.68. The molecule has 0 heterocycles. The molecule has 0 aromatic heterocycles.